The summed E-state index contributed by atoms with van der Waals surface area (Å²) in [6, 6.07) is 9.63. The predicted octanol–water partition coefficient (Wildman–Crippen LogP) is 4.14. The van der Waals surface area contributed by atoms with Crippen LogP contribution in [0.25, 0.3) is 0 Å². The summed E-state index contributed by atoms with van der Waals surface area (Å²) in [4.78, 5) is 11.6. The highest BCUT2D eigenvalue weighted by molar-refractivity contribution is 9.10. The van der Waals surface area contributed by atoms with Crippen LogP contribution in [-0.2, 0) is 10.3 Å². The number of para-hydroxylation sites is 1. The van der Waals surface area contributed by atoms with E-state index in [0.29, 0.717) is 5.56 Å². The molecule has 0 aliphatic carbocycles. The molecular formula is C15H12BrF2NO2. The number of hydrogen-bond acceptors (Lipinski definition) is 2. The molecule has 0 aliphatic rings. The van der Waals surface area contributed by atoms with Crippen LogP contribution in [0.2, 0.25) is 0 Å². The molecule has 0 saturated carbocycles. The van der Waals surface area contributed by atoms with Crippen LogP contribution < -0.4 is 5.32 Å². The van der Waals surface area contributed by atoms with E-state index < -0.39 is 23.1 Å². The molecule has 2 aromatic rings. The molecule has 0 amide bonds. The monoisotopic (exact) mass is 355 g/mol. The van der Waals surface area contributed by atoms with Gasteiger partial charge < -0.3 is 10.4 Å². The van der Waals surface area contributed by atoms with Crippen LogP contribution in [0.3, 0.4) is 0 Å². The summed E-state index contributed by atoms with van der Waals surface area (Å²) in [6.45, 7) is 1.39. The normalized spacial score (nSPS) is 13.5. The third kappa shape index (κ3) is 3.05. The molecule has 1 atom stereocenters. The Morgan fingerprint density at radius 2 is 1.86 bits per heavy atom. The number of nitrogens with one attached hydrogen (secondary N) is 1. The number of halogens is 3. The molecule has 0 spiro atoms. The Morgan fingerprint density at radius 3 is 2.43 bits per heavy atom. The van der Waals surface area contributed by atoms with Crippen LogP contribution in [0.15, 0.2) is 46.9 Å². The summed E-state index contributed by atoms with van der Waals surface area (Å²) >= 11 is 3.02. The number of aliphatic carboxylic acids is 1. The molecule has 6 heteroatoms. The molecule has 0 aliphatic heterocycles. The van der Waals surface area contributed by atoms with Crippen molar-refractivity contribution in [2.24, 2.45) is 0 Å². The van der Waals surface area contributed by atoms with E-state index >= 15 is 0 Å². The molecule has 2 N–H and O–H groups in total. The Labute approximate surface area is 128 Å². The topological polar surface area (TPSA) is 49.3 Å². The van der Waals surface area contributed by atoms with E-state index in [4.69, 9.17) is 0 Å². The van der Waals surface area contributed by atoms with Gasteiger partial charge in [0, 0.05) is 0 Å². The fourth-order valence-electron chi connectivity index (χ4n) is 1.89. The second-order valence-electron chi connectivity index (χ2n) is 4.66. The maximum absolute atomic E-state index is 13.7. The molecule has 21 heavy (non-hydrogen) atoms. The molecule has 3 nitrogen and oxygen atoms in total. The lowest BCUT2D eigenvalue weighted by Gasteiger charge is -2.28. The molecule has 0 saturated heterocycles. The highest BCUT2D eigenvalue weighted by atomic mass is 79.9. The summed E-state index contributed by atoms with van der Waals surface area (Å²) in [7, 11) is 0. The minimum Gasteiger partial charge on any atom is -0.479 e. The zero-order chi connectivity index (χ0) is 15.6. The second kappa shape index (κ2) is 5.81. The number of benzene rings is 2. The Bertz CT molecular complexity index is 693. The number of hydrogen-bond donors (Lipinski definition) is 2. The second-order valence-corrected chi connectivity index (χ2v) is 5.52. The first-order valence-electron chi connectivity index (χ1n) is 6.06. The Hall–Kier alpha value is -1.95. The van der Waals surface area contributed by atoms with Crippen molar-refractivity contribution in [2.75, 3.05) is 5.32 Å². The minimum atomic E-state index is -1.60. The van der Waals surface area contributed by atoms with Gasteiger partial charge in [-0.15, -0.1) is 0 Å². The number of carboxylic acid groups (broad SMARTS) is 1. The largest absolute Gasteiger partial charge is 0.479 e. The van der Waals surface area contributed by atoms with Crippen LogP contribution in [0.1, 0.15) is 12.5 Å². The van der Waals surface area contributed by atoms with Gasteiger partial charge in [0.1, 0.15) is 11.6 Å². The molecule has 2 aromatic carbocycles. The van der Waals surface area contributed by atoms with Crippen molar-refractivity contribution in [3.05, 3.63) is 64.1 Å². The van der Waals surface area contributed by atoms with Gasteiger partial charge in [-0.2, -0.15) is 0 Å². The fraction of sp³-hybridized carbons (Fsp3) is 0.133. The van der Waals surface area contributed by atoms with Gasteiger partial charge in [-0.3, -0.25) is 0 Å². The predicted molar refractivity (Wildman–Crippen MR) is 79.1 cm³/mol. The Balaban J connectivity index is 2.48. The van der Waals surface area contributed by atoms with E-state index in [1.165, 1.54) is 37.3 Å². The van der Waals surface area contributed by atoms with Crippen molar-refractivity contribution < 1.29 is 18.7 Å². The standard InChI is InChI=1S/C15H12BrF2NO2/c1-15(14(20)21,9-6-7-11(17)10(16)8-9)19-13-5-3-2-4-12(13)18/h2-8,19H,1H3,(H,20,21). The molecule has 1 unspecified atom stereocenters. The number of carbonyl (C=O) groups is 1. The maximum atomic E-state index is 13.7. The van der Waals surface area contributed by atoms with E-state index in [0.717, 1.165) is 6.07 Å². The lowest BCUT2D eigenvalue weighted by Crippen LogP contribution is -2.40. The van der Waals surface area contributed by atoms with Gasteiger partial charge in [0.2, 0.25) is 0 Å². The number of carboxylic acids is 1. The van der Waals surface area contributed by atoms with Gasteiger partial charge in [-0.1, -0.05) is 18.2 Å². The van der Waals surface area contributed by atoms with Gasteiger partial charge in [-0.25, -0.2) is 13.6 Å². The van der Waals surface area contributed by atoms with Crippen LogP contribution in [0.5, 0.6) is 0 Å². The molecular weight excluding hydrogens is 344 g/mol. The third-order valence-electron chi connectivity index (χ3n) is 3.18. The van der Waals surface area contributed by atoms with Gasteiger partial charge in [0.15, 0.2) is 5.54 Å². The summed E-state index contributed by atoms with van der Waals surface area (Å²) in [5, 5.41) is 12.2. The van der Waals surface area contributed by atoms with Crippen molar-refractivity contribution in [1.82, 2.24) is 0 Å². The summed E-state index contributed by atoms with van der Waals surface area (Å²) in [5.41, 5.74) is -1.24. The first-order chi connectivity index (χ1) is 9.84. The quantitative estimate of drug-likeness (QED) is 0.866. The smallest absolute Gasteiger partial charge is 0.333 e. The molecule has 0 heterocycles. The zero-order valence-corrected chi connectivity index (χ0v) is 12.6. The van der Waals surface area contributed by atoms with Gasteiger partial charge in [-0.05, 0) is 52.7 Å². The van der Waals surface area contributed by atoms with E-state index in [9.17, 15) is 18.7 Å². The average molecular weight is 356 g/mol. The van der Waals surface area contributed by atoms with Gasteiger partial charge >= 0.3 is 5.97 Å². The van der Waals surface area contributed by atoms with Crippen molar-refractivity contribution >= 4 is 27.6 Å². The fourth-order valence-corrected chi connectivity index (χ4v) is 2.27. The highest BCUT2D eigenvalue weighted by Crippen LogP contribution is 2.30. The van der Waals surface area contributed by atoms with Crippen molar-refractivity contribution in [3.63, 3.8) is 0 Å². The minimum absolute atomic E-state index is 0.0582. The van der Waals surface area contributed by atoms with Crippen molar-refractivity contribution in [1.29, 1.82) is 0 Å². The van der Waals surface area contributed by atoms with Crippen LogP contribution in [-0.4, -0.2) is 11.1 Å². The van der Waals surface area contributed by atoms with E-state index in [-0.39, 0.29) is 10.2 Å². The molecule has 2 rings (SSSR count). The molecule has 0 bridgehead atoms. The molecule has 110 valence electrons. The van der Waals surface area contributed by atoms with Crippen LogP contribution >= 0.6 is 15.9 Å². The summed E-state index contributed by atoms with van der Waals surface area (Å²) < 4.78 is 27.2. The van der Waals surface area contributed by atoms with Gasteiger partial charge in [0.05, 0.1) is 10.2 Å². The Kier molecular flexibility index (Phi) is 4.27. The Morgan fingerprint density at radius 1 is 1.19 bits per heavy atom. The summed E-state index contributed by atoms with van der Waals surface area (Å²) in [5.74, 6) is -2.27. The number of anilines is 1. The average Bonchev–Trinajstić information content (AvgIpc) is 2.44. The van der Waals surface area contributed by atoms with Crippen LogP contribution in [0, 0.1) is 11.6 Å². The summed E-state index contributed by atoms with van der Waals surface area (Å²) in [6.07, 6.45) is 0. The highest BCUT2D eigenvalue weighted by Gasteiger charge is 2.36. The van der Waals surface area contributed by atoms with E-state index in [2.05, 4.69) is 21.2 Å². The lowest BCUT2D eigenvalue weighted by atomic mass is 9.91. The molecule has 0 radical (unpaired) electrons. The molecule has 0 fully saturated rings. The van der Waals surface area contributed by atoms with E-state index in [1.807, 2.05) is 0 Å². The van der Waals surface area contributed by atoms with E-state index in [1.54, 1.807) is 6.07 Å². The van der Waals surface area contributed by atoms with Crippen LogP contribution in [0.4, 0.5) is 14.5 Å². The maximum Gasteiger partial charge on any atom is 0.333 e. The number of rotatable bonds is 4. The first-order valence-corrected chi connectivity index (χ1v) is 6.85. The lowest BCUT2D eigenvalue weighted by molar-refractivity contribution is -0.142. The SMILES string of the molecule is CC(Nc1ccccc1F)(C(=O)O)c1ccc(F)c(Br)c1. The first kappa shape index (κ1) is 15.4. The zero-order valence-electron chi connectivity index (χ0n) is 11.0. The third-order valence-corrected chi connectivity index (χ3v) is 3.79. The van der Waals surface area contributed by atoms with Gasteiger partial charge in [0.25, 0.3) is 0 Å². The van der Waals surface area contributed by atoms with Crippen molar-refractivity contribution in [3.8, 4) is 0 Å². The molecule has 0 aromatic heterocycles. The van der Waals surface area contributed by atoms with Crippen molar-refractivity contribution in [2.45, 2.75) is 12.5 Å².